The third-order valence-electron chi connectivity index (χ3n) is 4.77. The molecule has 0 aromatic carbocycles. The lowest BCUT2D eigenvalue weighted by atomic mass is 9.92. The number of furan rings is 1. The second-order valence-corrected chi connectivity index (χ2v) is 6.67. The summed E-state index contributed by atoms with van der Waals surface area (Å²) in [6.45, 7) is 7.27. The molecule has 3 aromatic rings. The number of rotatable bonds is 2. The van der Waals surface area contributed by atoms with Crippen molar-refractivity contribution in [3.63, 3.8) is 0 Å². The molecule has 0 amide bonds. The van der Waals surface area contributed by atoms with Gasteiger partial charge in [0.1, 0.15) is 23.2 Å². The monoisotopic (exact) mass is 311 g/mol. The second-order valence-electron chi connectivity index (χ2n) is 6.67. The Morgan fingerprint density at radius 3 is 2.91 bits per heavy atom. The molecule has 0 saturated carbocycles. The van der Waals surface area contributed by atoms with E-state index >= 15 is 0 Å². The molecule has 5 heteroatoms. The highest BCUT2D eigenvalue weighted by Gasteiger charge is 2.27. The summed E-state index contributed by atoms with van der Waals surface area (Å²) in [5.41, 5.74) is 4.21. The molecule has 0 spiro atoms. The molecule has 2 unspecified atom stereocenters. The molecule has 3 aromatic heterocycles. The lowest BCUT2D eigenvalue weighted by Gasteiger charge is -2.24. The summed E-state index contributed by atoms with van der Waals surface area (Å²) in [7, 11) is 0. The van der Waals surface area contributed by atoms with Crippen LogP contribution < -0.4 is 10.3 Å². The van der Waals surface area contributed by atoms with Gasteiger partial charge in [-0.15, -0.1) is 0 Å². The number of aromatic nitrogens is 3. The molecule has 4 heterocycles. The lowest BCUT2D eigenvalue weighted by molar-refractivity contribution is -0.397. The molecule has 23 heavy (non-hydrogen) atoms. The third kappa shape index (κ3) is 2.65. The van der Waals surface area contributed by atoms with Crippen LogP contribution in [0.4, 0.5) is 0 Å². The molecule has 120 valence electrons. The van der Waals surface area contributed by atoms with E-state index in [0.29, 0.717) is 12.0 Å². The minimum atomic E-state index is 0.506. The van der Waals surface area contributed by atoms with E-state index in [-0.39, 0.29) is 0 Å². The van der Waals surface area contributed by atoms with Crippen LogP contribution in [0, 0.1) is 13.8 Å². The molecule has 4 rings (SSSR count). The van der Waals surface area contributed by atoms with Gasteiger partial charge in [-0.1, -0.05) is 0 Å². The van der Waals surface area contributed by atoms with Crippen molar-refractivity contribution in [3.05, 3.63) is 35.7 Å². The van der Waals surface area contributed by atoms with Crippen molar-refractivity contribution in [1.29, 1.82) is 0 Å². The fraction of sp³-hybridized carbons (Fsp3) is 0.444. The minimum absolute atomic E-state index is 0.506. The summed E-state index contributed by atoms with van der Waals surface area (Å²) in [6, 6.07) is 4.74. The van der Waals surface area contributed by atoms with Gasteiger partial charge >= 0.3 is 0 Å². The van der Waals surface area contributed by atoms with E-state index in [0.717, 1.165) is 59.0 Å². The third-order valence-corrected chi connectivity index (χ3v) is 4.77. The molecule has 0 bridgehead atoms. The van der Waals surface area contributed by atoms with E-state index in [1.807, 2.05) is 20.0 Å². The van der Waals surface area contributed by atoms with Crippen molar-refractivity contribution in [3.8, 4) is 11.3 Å². The Bertz CT molecular complexity index is 848. The topological polar surface area (TPSA) is 68.0 Å². The van der Waals surface area contributed by atoms with Crippen molar-refractivity contribution in [2.45, 2.75) is 45.6 Å². The number of fused-ring (bicyclic) bond motifs is 1. The summed E-state index contributed by atoms with van der Waals surface area (Å²) in [4.78, 5) is 11.7. The average Bonchev–Trinajstić information content (AvgIpc) is 3.09. The number of aryl methyl sites for hydroxylation is 2. The molecule has 0 radical (unpaired) electrons. The summed E-state index contributed by atoms with van der Waals surface area (Å²) >= 11 is 0. The van der Waals surface area contributed by atoms with Crippen LogP contribution in [0.1, 0.15) is 43.0 Å². The highest BCUT2D eigenvalue weighted by atomic mass is 16.3. The van der Waals surface area contributed by atoms with Crippen LogP contribution >= 0.6 is 0 Å². The number of nitrogens with zero attached hydrogens (tertiary/aromatic N) is 1. The Hall–Kier alpha value is -2.14. The highest BCUT2D eigenvalue weighted by Crippen LogP contribution is 2.29. The fourth-order valence-electron chi connectivity index (χ4n) is 3.60. The van der Waals surface area contributed by atoms with Gasteiger partial charge in [0.25, 0.3) is 5.82 Å². The zero-order valence-electron chi connectivity index (χ0n) is 13.9. The van der Waals surface area contributed by atoms with Gasteiger partial charge < -0.3 is 14.7 Å². The molecule has 5 nitrogen and oxygen atoms in total. The molecular weight excluding hydrogens is 288 g/mol. The SMILES string of the molecule is Cc1cc(-c2cc3nc(C4CCNC(C)C4)[nH+]cc3[nH]2)c(C)o1. The maximum atomic E-state index is 5.64. The van der Waals surface area contributed by atoms with Crippen LogP contribution in [0.3, 0.4) is 0 Å². The van der Waals surface area contributed by atoms with Crippen molar-refractivity contribution < 1.29 is 9.40 Å². The number of hydrogen-bond donors (Lipinski definition) is 2. The normalized spacial score (nSPS) is 21.9. The number of hydrogen-bond acceptors (Lipinski definition) is 3. The molecular formula is C18H23N4O+. The highest BCUT2D eigenvalue weighted by molar-refractivity contribution is 5.82. The Morgan fingerprint density at radius 1 is 1.30 bits per heavy atom. The van der Waals surface area contributed by atoms with Gasteiger partial charge in [0.15, 0.2) is 0 Å². The van der Waals surface area contributed by atoms with E-state index < -0.39 is 0 Å². The van der Waals surface area contributed by atoms with Crippen LogP contribution in [0.25, 0.3) is 22.3 Å². The molecule has 1 fully saturated rings. The Morgan fingerprint density at radius 2 is 2.17 bits per heavy atom. The lowest BCUT2D eigenvalue weighted by Crippen LogP contribution is -2.36. The zero-order chi connectivity index (χ0) is 16.0. The Labute approximate surface area is 135 Å². The number of H-pyrrole nitrogens is 2. The molecule has 1 aliphatic heterocycles. The van der Waals surface area contributed by atoms with Crippen molar-refractivity contribution in [2.24, 2.45) is 0 Å². The van der Waals surface area contributed by atoms with Crippen molar-refractivity contribution >= 4 is 11.0 Å². The van der Waals surface area contributed by atoms with Crippen molar-refractivity contribution in [2.75, 3.05) is 6.54 Å². The van der Waals surface area contributed by atoms with Crippen LogP contribution in [-0.4, -0.2) is 22.6 Å². The summed E-state index contributed by atoms with van der Waals surface area (Å²) < 4.78 is 5.64. The minimum Gasteiger partial charge on any atom is -0.466 e. The van der Waals surface area contributed by atoms with Crippen LogP contribution in [0.5, 0.6) is 0 Å². The van der Waals surface area contributed by atoms with Gasteiger partial charge in [-0.3, -0.25) is 0 Å². The smallest absolute Gasteiger partial charge is 0.300 e. The van der Waals surface area contributed by atoms with E-state index in [1.54, 1.807) is 0 Å². The largest absolute Gasteiger partial charge is 0.466 e. The average molecular weight is 311 g/mol. The first-order valence-electron chi connectivity index (χ1n) is 8.32. The first-order valence-corrected chi connectivity index (χ1v) is 8.32. The molecule has 2 atom stereocenters. The van der Waals surface area contributed by atoms with Crippen LogP contribution in [-0.2, 0) is 0 Å². The van der Waals surface area contributed by atoms with Gasteiger partial charge in [-0.05, 0) is 51.2 Å². The van der Waals surface area contributed by atoms with Crippen LogP contribution in [0.15, 0.2) is 22.7 Å². The quantitative estimate of drug-likeness (QED) is 0.764. The van der Waals surface area contributed by atoms with Gasteiger partial charge in [-0.2, -0.15) is 0 Å². The fourth-order valence-corrected chi connectivity index (χ4v) is 3.60. The van der Waals surface area contributed by atoms with Gasteiger partial charge in [0, 0.05) is 17.7 Å². The molecule has 3 N–H and O–H groups in total. The predicted octanol–water partition coefficient (Wildman–Crippen LogP) is 3.11. The van der Waals surface area contributed by atoms with Gasteiger partial charge in [-0.25, -0.2) is 4.98 Å². The maximum absolute atomic E-state index is 5.64. The number of piperidine rings is 1. The van der Waals surface area contributed by atoms with Crippen molar-refractivity contribution in [1.82, 2.24) is 15.3 Å². The molecule has 0 aliphatic carbocycles. The summed E-state index contributed by atoms with van der Waals surface area (Å²) in [5, 5.41) is 3.49. The van der Waals surface area contributed by atoms with E-state index in [4.69, 9.17) is 9.40 Å². The molecule has 1 saturated heterocycles. The number of aromatic amines is 2. The maximum Gasteiger partial charge on any atom is 0.300 e. The van der Waals surface area contributed by atoms with E-state index in [9.17, 15) is 0 Å². The predicted molar refractivity (Wildman–Crippen MR) is 89.3 cm³/mol. The second kappa shape index (κ2) is 5.49. The first kappa shape index (κ1) is 14.5. The number of nitrogens with one attached hydrogen (secondary N) is 3. The summed E-state index contributed by atoms with van der Waals surface area (Å²) in [6.07, 6.45) is 4.30. The zero-order valence-corrected chi connectivity index (χ0v) is 13.9. The molecule has 1 aliphatic rings. The Balaban J connectivity index is 1.71. The summed E-state index contributed by atoms with van der Waals surface area (Å²) in [5.74, 6) is 3.47. The van der Waals surface area contributed by atoms with E-state index in [1.165, 1.54) is 0 Å². The van der Waals surface area contributed by atoms with E-state index in [2.05, 4.69) is 34.3 Å². The van der Waals surface area contributed by atoms with Crippen LogP contribution in [0.2, 0.25) is 0 Å². The van der Waals surface area contributed by atoms with Gasteiger partial charge in [0.05, 0.1) is 11.6 Å². The Kier molecular flexibility index (Phi) is 3.45. The van der Waals surface area contributed by atoms with Gasteiger partial charge in [0.2, 0.25) is 5.52 Å². The first-order chi connectivity index (χ1) is 11.1. The standard InChI is InChI=1S/C18H22N4O/c1-10-6-13(4-5-19-10)18-20-9-17-16(22-18)8-15(21-17)14-7-11(2)23-12(14)3/h7-10,13,19,21H,4-6H2,1-3H3/p+1.